The Labute approximate surface area is 105 Å². The molecule has 6 nitrogen and oxygen atoms in total. The molecule has 1 heterocycles. The van der Waals surface area contributed by atoms with Gasteiger partial charge >= 0.3 is 0 Å². The molecule has 0 fully saturated rings. The average Bonchev–Trinajstić information content (AvgIpc) is 2.81. The zero-order chi connectivity index (χ0) is 13.1. The van der Waals surface area contributed by atoms with Gasteiger partial charge in [0.25, 0.3) is 5.91 Å². The highest BCUT2D eigenvalue weighted by molar-refractivity contribution is 6.00. The number of nitrogens with one attached hydrogen (secondary N) is 1. The van der Waals surface area contributed by atoms with Gasteiger partial charge in [0.1, 0.15) is 0 Å². The largest absolute Gasteiger partial charge is 0.454 e. The zero-order valence-electron chi connectivity index (χ0n) is 10.1. The Morgan fingerprint density at radius 1 is 1.50 bits per heavy atom. The zero-order valence-corrected chi connectivity index (χ0v) is 10.1. The van der Waals surface area contributed by atoms with Gasteiger partial charge in [0, 0.05) is 24.9 Å². The number of aliphatic hydroxyl groups is 1. The number of carbonyl (C=O) groups excluding carboxylic acids is 1. The van der Waals surface area contributed by atoms with E-state index in [1.807, 2.05) is 6.92 Å². The Bertz CT molecular complexity index is 462. The number of amides is 1. The van der Waals surface area contributed by atoms with Gasteiger partial charge in [-0.15, -0.1) is 0 Å². The smallest absolute Gasteiger partial charge is 0.253 e. The maximum absolute atomic E-state index is 11.9. The summed E-state index contributed by atoms with van der Waals surface area (Å²) in [5.74, 6) is 0.785. The first kappa shape index (κ1) is 12.5. The van der Waals surface area contributed by atoms with Gasteiger partial charge in [-0.2, -0.15) is 0 Å². The van der Waals surface area contributed by atoms with Crippen molar-refractivity contribution >= 4 is 11.6 Å². The summed E-state index contributed by atoms with van der Waals surface area (Å²) in [5, 5.41) is 11.6. The van der Waals surface area contributed by atoms with Crippen LogP contribution in [-0.4, -0.2) is 31.0 Å². The molecule has 0 saturated carbocycles. The Morgan fingerprint density at radius 2 is 2.17 bits per heavy atom. The molecule has 1 unspecified atom stereocenters. The summed E-state index contributed by atoms with van der Waals surface area (Å²) in [4.78, 5) is 11.9. The third-order valence-corrected chi connectivity index (χ3v) is 2.71. The van der Waals surface area contributed by atoms with Crippen molar-refractivity contribution in [3.8, 4) is 11.5 Å². The standard InChI is InChI=1S/C12H16N2O4/c1-7(5-15)4-14-12(16)8-2-10-11(3-9(8)13)18-6-17-10/h2-3,7,15H,4-6,13H2,1H3,(H,14,16). The highest BCUT2D eigenvalue weighted by atomic mass is 16.7. The monoisotopic (exact) mass is 252 g/mol. The molecule has 1 aliphatic rings. The third kappa shape index (κ3) is 2.48. The molecule has 1 atom stereocenters. The van der Waals surface area contributed by atoms with Crippen LogP contribution < -0.4 is 20.5 Å². The number of nitrogens with two attached hydrogens (primary N) is 1. The van der Waals surface area contributed by atoms with Crippen LogP contribution in [-0.2, 0) is 0 Å². The maximum Gasteiger partial charge on any atom is 0.253 e. The molecule has 0 aliphatic carbocycles. The first-order valence-corrected chi connectivity index (χ1v) is 5.70. The minimum Gasteiger partial charge on any atom is -0.454 e. The molecule has 98 valence electrons. The van der Waals surface area contributed by atoms with Crippen LogP contribution in [0.4, 0.5) is 5.69 Å². The van der Waals surface area contributed by atoms with Crippen molar-refractivity contribution in [3.63, 3.8) is 0 Å². The molecule has 0 spiro atoms. The summed E-state index contributed by atoms with van der Waals surface area (Å²) in [6, 6.07) is 3.14. The molecule has 4 N–H and O–H groups in total. The van der Waals surface area contributed by atoms with E-state index in [0.29, 0.717) is 29.3 Å². The van der Waals surface area contributed by atoms with Crippen molar-refractivity contribution in [1.82, 2.24) is 5.32 Å². The van der Waals surface area contributed by atoms with Gasteiger partial charge in [0.15, 0.2) is 11.5 Å². The van der Waals surface area contributed by atoms with E-state index in [1.165, 1.54) is 0 Å². The summed E-state index contributed by atoms with van der Waals surface area (Å²) < 4.78 is 10.4. The number of carbonyl (C=O) groups is 1. The minimum absolute atomic E-state index is 0.00388. The highest BCUT2D eigenvalue weighted by Crippen LogP contribution is 2.35. The number of ether oxygens (including phenoxy) is 2. The second-order valence-electron chi connectivity index (χ2n) is 4.29. The van der Waals surface area contributed by atoms with Crippen molar-refractivity contribution in [1.29, 1.82) is 0 Å². The van der Waals surface area contributed by atoms with E-state index < -0.39 is 0 Å². The molecule has 1 aliphatic heterocycles. The Balaban J connectivity index is 2.11. The van der Waals surface area contributed by atoms with Crippen molar-refractivity contribution in [2.45, 2.75) is 6.92 Å². The van der Waals surface area contributed by atoms with Gasteiger partial charge in [-0.05, 0) is 12.0 Å². The topological polar surface area (TPSA) is 93.8 Å². The Kier molecular flexibility index (Phi) is 3.57. The van der Waals surface area contributed by atoms with Crippen LogP contribution in [0.5, 0.6) is 11.5 Å². The Hall–Kier alpha value is -1.95. The van der Waals surface area contributed by atoms with E-state index in [1.54, 1.807) is 12.1 Å². The van der Waals surface area contributed by atoms with Crippen LogP contribution in [0.1, 0.15) is 17.3 Å². The fraction of sp³-hybridized carbons (Fsp3) is 0.417. The van der Waals surface area contributed by atoms with Crippen LogP contribution in [0.3, 0.4) is 0 Å². The van der Waals surface area contributed by atoms with Gasteiger partial charge in [0.2, 0.25) is 6.79 Å². The van der Waals surface area contributed by atoms with E-state index in [4.69, 9.17) is 20.3 Å². The number of fused-ring (bicyclic) bond motifs is 1. The lowest BCUT2D eigenvalue weighted by Gasteiger charge is -2.11. The minimum atomic E-state index is -0.286. The van der Waals surface area contributed by atoms with Crippen molar-refractivity contribution in [2.75, 3.05) is 25.7 Å². The lowest BCUT2D eigenvalue weighted by Crippen LogP contribution is -2.30. The SMILES string of the molecule is CC(CO)CNC(=O)c1cc2c(cc1N)OCO2. The normalized spacial score (nSPS) is 14.3. The van der Waals surface area contributed by atoms with Gasteiger partial charge in [-0.1, -0.05) is 6.92 Å². The summed E-state index contributed by atoms with van der Waals surface area (Å²) in [6.07, 6.45) is 0. The fourth-order valence-corrected chi connectivity index (χ4v) is 1.58. The number of anilines is 1. The van der Waals surface area contributed by atoms with Gasteiger partial charge < -0.3 is 25.6 Å². The van der Waals surface area contributed by atoms with E-state index in [-0.39, 0.29) is 25.2 Å². The van der Waals surface area contributed by atoms with E-state index in [2.05, 4.69) is 5.32 Å². The molecule has 0 aromatic heterocycles. The Morgan fingerprint density at radius 3 is 2.83 bits per heavy atom. The van der Waals surface area contributed by atoms with Crippen LogP contribution in [0.25, 0.3) is 0 Å². The average molecular weight is 252 g/mol. The van der Waals surface area contributed by atoms with Crippen molar-refractivity contribution in [2.24, 2.45) is 5.92 Å². The van der Waals surface area contributed by atoms with Crippen LogP contribution in [0, 0.1) is 5.92 Å². The van der Waals surface area contributed by atoms with Crippen LogP contribution in [0.2, 0.25) is 0 Å². The first-order chi connectivity index (χ1) is 8.61. The summed E-state index contributed by atoms with van der Waals surface area (Å²) in [7, 11) is 0. The molecule has 2 rings (SSSR count). The first-order valence-electron chi connectivity index (χ1n) is 5.70. The molecule has 0 saturated heterocycles. The summed E-state index contributed by atoms with van der Waals surface area (Å²) >= 11 is 0. The number of benzene rings is 1. The second-order valence-corrected chi connectivity index (χ2v) is 4.29. The molecule has 0 bridgehead atoms. The van der Waals surface area contributed by atoms with E-state index in [9.17, 15) is 4.79 Å². The molecule has 18 heavy (non-hydrogen) atoms. The second kappa shape index (κ2) is 5.14. The number of hydrogen-bond acceptors (Lipinski definition) is 5. The highest BCUT2D eigenvalue weighted by Gasteiger charge is 2.19. The molecule has 1 aromatic carbocycles. The van der Waals surface area contributed by atoms with Gasteiger partial charge in [0.05, 0.1) is 5.56 Å². The number of nitrogen functional groups attached to an aromatic ring is 1. The van der Waals surface area contributed by atoms with Crippen LogP contribution >= 0.6 is 0 Å². The predicted molar refractivity (Wildman–Crippen MR) is 65.6 cm³/mol. The predicted octanol–water partition coefficient (Wildman–Crippen LogP) is 0.356. The molecular formula is C12H16N2O4. The fourth-order valence-electron chi connectivity index (χ4n) is 1.58. The molecule has 1 aromatic rings. The maximum atomic E-state index is 11.9. The quantitative estimate of drug-likeness (QED) is 0.672. The molecule has 1 amide bonds. The van der Waals surface area contributed by atoms with Crippen molar-refractivity contribution in [3.05, 3.63) is 17.7 Å². The van der Waals surface area contributed by atoms with E-state index in [0.717, 1.165) is 0 Å². The van der Waals surface area contributed by atoms with Crippen molar-refractivity contribution < 1.29 is 19.4 Å². The summed E-state index contributed by atoms with van der Waals surface area (Å²) in [6.45, 7) is 2.39. The van der Waals surface area contributed by atoms with Gasteiger partial charge in [-0.25, -0.2) is 0 Å². The number of rotatable bonds is 4. The van der Waals surface area contributed by atoms with Crippen LogP contribution in [0.15, 0.2) is 12.1 Å². The lowest BCUT2D eigenvalue weighted by molar-refractivity contribution is 0.0942. The summed E-state index contributed by atoms with van der Waals surface area (Å²) in [5.41, 5.74) is 6.48. The lowest BCUT2D eigenvalue weighted by atomic mass is 10.1. The third-order valence-electron chi connectivity index (χ3n) is 2.71. The number of hydrogen-bond donors (Lipinski definition) is 3. The molecule has 0 radical (unpaired) electrons. The van der Waals surface area contributed by atoms with Gasteiger partial charge in [-0.3, -0.25) is 4.79 Å². The number of aliphatic hydroxyl groups excluding tert-OH is 1. The van der Waals surface area contributed by atoms with E-state index >= 15 is 0 Å². The molecule has 6 heteroatoms. The molecular weight excluding hydrogens is 236 g/mol.